The Morgan fingerprint density at radius 2 is 1.60 bits per heavy atom. The average molecular weight is 536 g/mol. The van der Waals surface area contributed by atoms with Gasteiger partial charge in [-0.05, 0) is 35.4 Å². The third kappa shape index (κ3) is 4.76. The Balaban J connectivity index is 1.66. The van der Waals surface area contributed by atoms with Gasteiger partial charge in [0.25, 0.3) is 5.56 Å². The predicted molar refractivity (Wildman–Crippen MR) is 153 cm³/mol. The molecule has 0 saturated heterocycles. The van der Waals surface area contributed by atoms with Crippen LogP contribution in [-0.2, 0) is 24.4 Å². The van der Waals surface area contributed by atoms with E-state index in [0.29, 0.717) is 24.4 Å². The van der Waals surface area contributed by atoms with E-state index in [2.05, 4.69) is 33.8 Å². The molecular formula is C31H29N5O4. The number of methoxy groups -OCH3 is 1. The Labute approximate surface area is 230 Å². The van der Waals surface area contributed by atoms with Crippen LogP contribution in [0.4, 0.5) is 0 Å². The van der Waals surface area contributed by atoms with Gasteiger partial charge in [0, 0.05) is 12.0 Å². The first kappa shape index (κ1) is 25.5. The molecule has 0 aliphatic rings. The first-order valence-electron chi connectivity index (χ1n) is 13.1. The molecule has 3 aromatic heterocycles. The van der Waals surface area contributed by atoms with Gasteiger partial charge in [-0.2, -0.15) is 4.98 Å². The zero-order valence-corrected chi connectivity index (χ0v) is 22.1. The second kappa shape index (κ2) is 11.2. The van der Waals surface area contributed by atoms with E-state index >= 15 is 0 Å². The lowest BCUT2D eigenvalue weighted by atomic mass is 10.0. The normalized spacial score (nSPS) is 11.4. The number of aromatic nitrogens is 5. The van der Waals surface area contributed by atoms with Crippen LogP contribution in [0.5, 0.6) is 5.75 Å². The molecule has 0 aliphatic heterocycles. The second-order valence-electron chi connectivity index (χ2n) is 9.46. The highest BCUT2D eigenvalue weighted by Crippen LogP contribution is 2.31. The molecule has 0 saturated carbocycles. The summed E-state index contributed by atoms with van der Waals surface area (Å²) in [7, 11) is 1.64. The summed E-state index contributed by atoms with van der Waals surface area (Å²) >= 11 is 0. The molecule has 0 radical (unpaired) electrons. The summed E-state index contributed by atoms with van der Waals surface area (Å²) in [5, 5.41) is 9.14. The number of rotatable bonds is 10. The van der Waals surface area contributed by atoms with Crippen LogP contribution in [0.3, 0.4) is 0 Å². The van der Waals surface area contributed by atoms with Crippen LogP contribution in [0.1, 0.15) is 16.8 Å². The third-order valence-electron chi connectivity index (χ3n) is 6.90. The quantitative estimate of drug-likeness (QED) is 0.265. The molecule has 0 atom stereocenters. The van der Waals surface area contributed by atoms with Crippen LogP contribution in [0.2, 0.25) is 0 Å². The van der Waals surface area contributed by atoms with E-state index in [1.807, 2.05) is 60.7 Å². The topological polar surface area (TPSA) is 95.8 Å². The molecule has 9 heteroatoms. The number of hydrogen-bond acceptors (Lipinski definition) is 6. The van der Waals surface area contributed by atoms with E-state index in [9.17, 15) is 4.79 Å². The molecule has 0 fully saturated rings. The maximum absolute atomic E-state index is 14.1. The molecule has 9 nitrogen and oxygen atoms in total. The Bertz CT molecular complexity index is 1810. The van der Waals surface area contributed by atoms with Crippen molar-refractivity contribution in [1.82, 2.24) is 23.5 Å². The highest BCUT2D eigenvalue weighted by atomic mass is 16.5. The largest absolute Gasteiger partial charge is 0.497 e. The number of aliphatic hydroxyl groups excluding tert-OH is 1. The number of benzene rings is 3. The molecule has 0 unspecified atom stereocenters. The summed E-state index contributed by atoms with van der Waals surface area (Å²) in [4.78, 5) is 23.6. The van der Waals surface area contributed by atoms with Gasteiger partial charge in [-0.25, -0.2) is 9.38 Å². The Hall–Kier alpha value is -4.73. The van der Waals surface area contributed by atoms with E-state index in [4.69, 9.17) is 19.6 Å². The van der Waals surface area contributed by atoms with Crippen molar-refractivity contribution in [3.8, 4) is 17.0 Å². The van der Waals surface area contributed by atoms with Crippen molar-refractivity contribution in [2.75, 3.05) is 20.3 Å². The minimum Gasteiger partial charge on any atom is -0.497 e. The average Bonchev–Trinajstić information content (AvgIpc) is 3.54. The van der Waals surface area contributed by atoms with Crippen molar-refractivity contribution < 1.29 is 14.6 Å². The molecule has 0 bridgehead atoms. The Morgan fingerprint density at radius 3 is 2.27 bits per heavy atom. The minimum absolute atomic E-state index is 0.0963. The van der Waals surface area contributed by atoms with E-state index in [0.717, 1.165) is 33.8 Å². The van der Waals surface area contributed by atoms with Crippen LogP contribution in [-0.4, -0.2) is 48.9 Å². The van der Waals surface area contributed by atoms with Gasteiger partial charge >= 0.3 is 0 Å². The summed E-state index contributed by atoms with van der Waals surface area (Å²) in [6.45, 7) is 0.712. The highest BCUT2D eigenvalue weighted by Gasteiger charge is 2.24. The van der Waals surface area contributed by atoms with Crippen molar-refractivity contribution in [3.63, 3.8) is 0 Å². The predicted octanol–water partition coefficient (Wildman–Crippen LogP) is 4.13. The Kier molecular flexibility index (Phi) is 7.13. The zero-order valence-electron chi connectivity index (χ0n) is 22.1. The smallest absolute Gasteiger partial charge is 0.287 e. The monoisotopic (exact) mass is 535 g/mol. The lowest BCUT2D eigenvalue weighted by Crippen LogP contribution is -2.18. The standard InChI is InChI=1S/C31H29N5O4/c1-39-25-14-12-24(13-15-25)28-26(18-22-8-4-2-5-9-22)36-30(38)27-29(34(20-32-27)21-40-17-16-37)33-31(36)35(28)19-23-10-6-3-7-11-23/h2-15,20,37H,16-19,21H2,1H3. The van der Waals surface area contributed by atoms with E-state index < -0.39 is 0 Å². The van der Waals surface area contributed by atoms with Gasteiger partial charge in [0.1, 0.15) is 12.5 Å². The molecule has 0 aliphatic carbocycles. The van der Waals surface area contributed by atoms with Gasteiger partial charge in [-0.3, -0.25) is 9.36 Å². The van der Waals surface area contributed by atoms with Gasteiger partial charge in [-0.15, -0.1) is 0 Å². The van der Waals surface area contributed by atoms with E-state index in [-0.39, 0.29) is 31.0 Å². The number of hydrogen-bond donors (Lipinski definition) is 1. The summed E-state index contributed by atoms with van der Waals surface area (Å²) in [5.41, 5.74) is 5.28. The number of imidazole rings is 2. The highest BCUT2D eigenvalue weighted by molar-refractivity contribution is 5.75. The van der Waals surface area contributed by atoms with Crippen molar-refractivity contribution in [3.05, 3.63) is 118 Å². The molecule has 40 heavy (non-hydrogen) atoms. The summed E-state index contributed by atoms with van der Waals surface area (Å²) in [6, 6.07) is 28.1. The van der Waals surface area contributed by atoms with E-state index in [1.54, 1.807) is 22.4 Å². The van der Waals surface area contributed by atoms with Gasteiger partial charge < -0.3 is 19.1 Å². The SMILES string of the molecule is COc1ccc(-c2c(Cc3ccccc3)n3c(=O)c4ncn(COCCO)c4nc3n2Cc2ccccc2)cc1. The van der Waals surface area contributed by atoms with Gasteiger partial charge in [0.2, 0.25) is 5.78 Å². The minimum atomic E-state index is -0.242. The first-order chi connectivity index (χ1) is 19.7. The van der Waals surface area contributed by atoms with Crippen LogP contribution in [0.15, 0.2) is 96.1 Å². The van der Waals surface area contributed by atoms with Crippen molar-refractivity contribution in [2.45, 2.75) is 19.7 Å². The van der Waals surface area contributed by atoms with Crippen LogP contribution in [0, 0.1) is 0 Å². The van der Waals surface area contributed by atoms with Crippen LogP contribution < -0.4 is 10.3 Å². The van der Waals surface area contributed by atoms with Gasteiger partial charge in [0.15, 0.2) is 11.2 Å². The van der Waals surface area contributed by atoms with Crippen LogP contribution >= 0.6 is 0 Å². The summed E-state index contributed by atoms with van der Waals surface area (Å²) in [6.07, 6.45) is 2.08. The molecule has 0 amide bonds. The fraction of sp³-hybridized carbons (Fsp3) is 0.194. The zero-order chi connectivity index (χ0) is 27.5. The number of fused-ring (bicyclic) bond motifs is 2. The van der Waals surface area contributed by atoms with Crippen molar-refractivity contribution >= 4 is 16.9 Å². The summed E-state index contributed by atoms with van der Waals surface area (Å²) in [5.74, 6) is 1.27. The van der Waals surface area contributed by atoms with Gasteiger partial charge in [0.05, 0.1) is 44.6 Å². The first-order valence-corrected chi connectivity index (χ1v) is 13.1. The molecular weight excluding hydrogens is 506 g/mol. The maximum Gasteiger partial charge on any atom is 0.287 e. The molecule has 6 aromatic rings. The van der Waals surface area contributed by atoms with Gasteiger partial charge in [-0.1, -0.05) is 60.7 Å². The number of ether oxygens (including phenoxy) is 2. The lowest BCUT2D eigenvalue weighted by molar-refractivity contribution is 0.0499. The molecule has 6 rings (SSSR count). The van der Waals surface area contributed by atoms with E-state index in [1.165, 1.54) is 0 Å². The molecule has 3 heterocycles. The molecule has 0 spiro atoms. The number of nitrogens with zero attached hydrogens (tertiary/aromatic N) is 5. The summed E-state index contributed by atoms with van der Waals surface area (Å²) < 4.78 is 16.4. The fourth-order valence-corrected chi connectivity index (χ4v) is 5.03. The van der Waals surface area contributed by atoms with Crippen molar-refractivity contribution in [1.29, 1.82) is 0 Å². The molecule has 202 valence electrons. The Morgan fingerprint density at radius 1 is 0.900 bits per heavy atom. The van der Waals surface area contributed by atoms with Crippen molar-refractivity contribution in [2.24, 2.45) is 0 Å². The third-order valence-corrected chi connectivity index (χ3v) is 6.90. The second-order valence-corrected chi connectivity index (χ2v) is 9.46. The maximum atomic E-state index is 14.1. The van der Waals surface area contributed by atoms with Crippen LogP contribution in [0.25, 0.3) is 28.2 Å². The molecule has 3 aromatic carbocycles. The fourth-order valence-electron chi connectivity index (χ4n) is 5.03. The number of aliphatic hydroxyl groups is 1. The molecule has 1 N–H and O–H groups in total. The lowest BCUT2D eigenvalue weighted by Gasteiger charge is -2.12.